The quantitative estimate of drug-likeness (QED) is 0.604. The molecule has 0 unspecified atom stereocenters. The van der Waals surface area contributed by atoms with E-state index in [0.717, 1.165) is 6.61 Å². The molecule has 0 saturated carbocycles. The van der Waals surface area contributed by atoms with Crippen LogP contribution in [0.4, 0.5) is 0 Å². The Hall–Kier alpha value is -2.10. The predicted molar refractivity (Wildman–Crippen MR) is 122 cm³/mol. The number of hydrogen-bond donors (Lipinski definition) is 0. The largest absolute Gasteiger partial charge is 0.413 e. The van der Waals surface area contributed by atoms with Crippen LogP contribution in [0.3, 0.4) is 0 Å². The second-order valence-electron chi connectivity index (χ2n) is 7.78. The molecule has 3 rings (SSSR count). The van der Waals surface area contributed by atoms with Gasteiger partial charge in [-0.3, -0.25) is 0 Å². The fourth-order valence-corrected chi connectivity index (χ4v) is 6.10. The van der Waals surface area contributed by atoms with Crippen molar-refractivity contribution in [2.45, 2.75) is 33.9 Å². The highest BCUT2D eigenvalue weighted by Gasteiger charge is 2.32. The zero-order valence-electron chi connectivity index (χ0n) is 17.1. The van der Waals surface area contributed by atoms with E-state index in [1.54, 1.807) is 0 Å². The topological polar surface area (TPSA) is 9.23 Å². The Morgan fingerprint density at radius 2 is 1.22 bits per heavy atom. The van der Waals surface area contributed by atoms with Gasteiger partial charge in [-0.05, 0) is 39.1 Å². The highest BCUT2D eigenvalue weighted by Crippen LogP contribution is 2.06. The van der Waals surface area contributed by atoms with E-state index in [9.17, 15) is 0 Å². The minimum absolute atomic E-state index is 0.217. The van der Waals surface area contributed by atoms with Crippen molar-refractivity contribution in [2.24, 2.45) is 0 Å². The summed E-state index contributed by atoms with van der Waals surface area (Å²) in [7, 11) is -1.97. The average molecular weight is 372 g/mol. The van der Waals surface area contributed by atoms with Gasteiger partial charge in [0.05, 0.1) is 0 Å². The van der Waals surface area contributed by atoms with Crippen LogP contribution in [0.15, 0.2) is 72.8 Å². The van der Waals surface area contributed by atoms with Crippen LogP contribution in [0.25, 0.3) is 0 Å². The van der Waals surface area contributed by atoms with Crippen LogP contribution in [0, 0.1) is 13.8 Å². The third-order valence-corrected chi connectivity index (χ3v) is 8.01. The monoisotopic (exact) mass is 372 g/mol. The molecule has 0 aromatic heterocycles. The first kappa shape index (κ1) is 19.7. The maximum atomic E-state index is 6.26. The normalized spacial score (nSPS) is 11.4. The van der Waals surface area contributed by atoms with Gasteiger partial charge in [0.2, 0.25) is 15.0 Å². The molecule has 138 valence electrons. The molecule has 0 atom stereocenters. The van der Waals surface area contributed by atoms with Crippen LogP contribution in [0.2, 0.25) is 13.1 Å². The van der Waals surface area contributed by atoms with Gasteiger partial charge >= 0.3 is 0 Å². The van der Waals surface area contributed by atoms with Crippen molar-refractivity contribution in [1.29, 1.82) is 0 Å². The molecule has 3 aromatic rings. The van der Waals surface area contributed by atoms with E-state index in [1.165, 1.54) is 32.7 Å². The van der Waals surface area contributed by atoms with Gasteiger partial charge in [-0.2, -0.15) is 0 Å². The molecule has 0 aliphatic rings. The summed E-state index contributed by atoms with van der Waals surface area (Å²) in [6, 6.07) is 26.8. The molecule has 0 saturated heterocycles. The van der Waals surface area contributed by atoms with Gasteiger partial charge in [0.1, 0.15) is 0 Å². The van der Waals surface area contributed by atoms with Crippen molar-refractivity contribution in [2.75, 3.05) is 6.61 Å². The van der Waals surface area contributed by atoms with Crippen molar-refractivity contribution in [3.63, 3.8) is 0 Å². The first-order valence-electron chi connectivity index (χ1n) is 9.79. The molecule has 0 aliphatic heterocycles. The minimum Gasteiger partial charge on any atom is -0.413 e. The molecule has 0 radical (unpaired) electrons. The van der Waals surface area contributed by atoms with Gasteiger partial charge in [-0.1, -0.05) is 100 Å². The van der Waals surface area contributed by atoms with Crippen LogP contribution in [0.1, 0.15) is 18.1 Å². The van der Waals surface area contributed by atoms with Gasteiger partial charge in [0.25, 0.3) is 0 Å². The standard InChI is InChI=1S/C24H29BOSi/c1-6-26-27(4,5)24-10-8-7-9-23(24)25(21-15-11-19(2)12-16-21)22-17-13-20(3)14-18-22/h7-18H,6H2,1-5H3. The molecule has 0 fully saturated rings. The summed E-state index contributed by atoms with van der Waals surface area (Å²) < 4.78 is 6.26. The lowest BCUT2D eigenvalue weighted by atomic mass is 9.37. The summed E-state index contributed by atoms with van der Waals surface area (Å²) in [5.74, 6) is 0. The highest BCUT2D eigenvalue weighted by molar-refractivity contribution is 7.00. The molecule has 3 heteroatoms. The molecular weight excluding hydrogens is 343 g/mol. The van der Waals surface area contributed by atoms with E-state index in [1.807, 2.05) is 0 Å². The first-order valence-corrected chi connectivity index (χ1v) is 12.7. The summed E-state index contributed by atoms with van der Waals surface area (Å²) in [5, 5.41) is 1.39. The Bertz CT molecular complexity index is 840. The smallest absolute Gasteiger partial charge is 0.241 e. The van der Waals surface area contributed by atoms with E-state index in [4.69, 9.17) is 4.43 Å². The minimum atomic E-state index is -1.97. The van der Waals surface area contributed by atoms with Crippen molar-refractivity contribution >= 4 is 36.6 Å². The number of hydrogen-bond acceptors (Lipinski definition) is 1. The molecule has 0 aliphatic carbocycles. The van der Waals surface area contributed by atoms with E-state index in [-0.39, 0.29) is 6.71 Å². The molecule has 1 nitrogen and oxygen atoms in total. The van der Waals surface area contributed by atoms with Crippen LogP contribution >= 0.6 is 0 Å². The summed E-state index contributed by atoms with van der Waals surface area (Å²) in [4.78, 5) is 0. The predicted octanol–water partition coefficient (Wildman–Crippen LogP) is 3.27. The van der Waals surface area contributed by atoms with Gasteiger partial charge in [0.15, 0.2) is 0 Å². The number of aryl methyl sites for hydroxylation is 2. The zero-order chi connectivity index (χ0) is 19.4. The van der Waals surface area contributed by atoms with Gasteiger partial charge in [0, 0.05) is 6.61 Å². The maximum absolute atomic E-state index is 6.26. The molecule has 0 N–H and O–H groups in total. The molecule has 0 spiro atoms. The number of benzene rings is 3. The molecular formula is C24H29BOSi. The Morgan fingerprint density at radius 3 is 1.70 bits per heavy atom. The summed E-state index contributed by atoms with van der Waals surface area (Å²) in [5.41, 5.74) is 6.61. The second kappa shape index (κ2) is 8.28. The van der Waals surface area contributed by atoms with Gasteiger partial charge < -0.3 is 4.43 Å². The third kappa shape index (κ3) is 4.43. The first-order chi connectivity index (χ1) is 12.9. The van der Waals surface area contributed by atoms with Crippen LogP contribution in [-0.2, 0) is 4.43 Å². The summed E-state index contributed by atoms with van der Waals surface area (Å²) in [6.45, 7) is 12.0. The van der Waals surface area contributed by atoms with Crippen LogP contribution < -0.4 is 21.6 Å². The Kier molecular flexibility index (Phi) is 6.03. The highest BCUT2D eigenvalue weighted by atomic mass is 28.4. The maximum Gasteiger partial charge on any atom is 0.241 e. The number of rotatable bonds is 6. The average Bonchev–Trinajstić information content (AvgIpc) is 2.65. The Morgan fingerprint density at radius 1 is 0.741 bits per heavy atom. The van der Waals surface area contributed by atoms with Crippen LogP contribution in [-0.4, -0.2) is 21.6 Å². The lowest BCUT2D eigenvalue weighted by molar-refractivity contribution is 0.339. The van der Waals surface area contributed by atoms with E-state index in [2.05, 4.69) is 107 Å². The molecule has 3 aromatic carbocycles. The summed E-state index contributed by atoms with van der Waals surface area (Å²) in [6.07, 6.45) is 0. The van der Waals surface area contributed by atoms with Crippen molar-refractivity contribution < 1.29 is 4.43 Å². The van der Waals surface area contributed by atoms with E-state index < -0.39 is 8.32 Å². The van der Waals surface area contributed by atoms with E-state index >= 15 is 0 Å². The third-order valence-electron chi connectivity index (χ3n) is 5.25. The van der Waals surface area contributed by atoms with Gasteiger partial charge in [-0.15, -0.1) is 0 Å². The molecule has 0 amide bonds. The Labute approximate surface area is 165 Å². The second-order valence-corrected chi connectivity index (χ2v) is 11.6. The fraction of sp³-hybridized carbons (Fsp3) is 0.250. The fourth-order valence-electron chi connectivity index (χ4n) is 3.80. The molecule has 27 heavy (non-hydrogen) atoms. The van der Waals surface area contributed by atoms with Crippen molar-refractivity contribution in [3.05, 3.63) is 83.9 Å². The van der Waals surface area contributed by atoms with Crippen molar-refractivity contribution in [3.8, 4) is 0 Å². The molecule has 0 heterocycles. The lowest BCUT2D eigenvalue weighted by Crippen LogP contribution is -2.63. The summed E-state index contributed by atoms with van der Waals surface area (Å²) >= 11 is 0. The lowest BCUT2D eigenvalue weighted by Gasteiger charge is -2.28. The molecule has 0 bridgehead atoms. The van der Waals surface area contributed by atoms with Gasteiger partial charge in [-0.25, -0.2) is 0 Å². The van der Waals surface area contributed by atoms with E-state index in [0.29, 0.717) is 0 Å². The van der Waals surface area contributed by atoms with Crippen LogP contribution in [0.5, 0.6) is 0 Å². The zero-order valence-corrected chi connectivity index (χ0v) is 18.1. The SMILES string of the molecule is CCO[Si](C)(C)c1ccccc1B(c1ccc(C)cc1)c1ccc(C)cc1. The van der Waals surface area contributed by atoms with Crippen molar-refractivity contribution in [1.82, 2.24) is 0 Å². The Balaban J connectivity index is 2.20.